The molecule has 3 N–H and O–H groups in total. The minimum absolute atomic E-state index is 0.250. The predicted octanol–water partition coefficient (Wildman–Crippen LogP) is 1.33. The average molecular weight is 245 g/mol. The van der Waals surface area contributed by atoms with Crippen LogP contribution in [0.4, 0.5) is 5.69 Å². The first-order valence-electron chi connectivity index (χ1n) is 5.21. The van der Waals surface area contributed by atoms with Gasteiger partial charge in [0.15, 0.2) is 0 Å². The standard InChI is InChI=1S/C12H11N3O3/c1-7-9(6-14-18-7)12(17)15-10-5-3-2-4-8(10)11(13)16/h2-6H,1H3,(H2,13,16)(H,15,17). The van der Waals surface area contributed by atoms with Crippen LogP contribution in [0.25, 0.3) is 0 Å². The third kappa shape index (κ3) is 2.22. The van der Waals surface area contributed by atoms with Gasteiger partial charge in [0.05, 0.1) is 17.4 Å². The van der Waals surface area contributed by atoms with Crippen molar-refractivity contribution in [1.82, 2.24) is 5.16 Å². The van der Waals surface area contributed by atoms with Crippen LogP contribution in [0.5, 0.6) is 0 Å². The fraction of sp³-hybridized carbons (Fsp3) is 0.0833. The molecule has 1 heterocycles. The molecule has 0 fully saturated rings. The Morgan fingerprint density at radius 1 is 1.28 bits per heavy atom. The molecule has 0 aliphatic carbocycles. The van der Waals surface area contributed by atoms with Gasteiger partial charge in [0.25, 0.3) is 11.8 Å². The summed E-state index contributed by atoms with van der Waals surface area (Å²) in [5, 5.41) is 6.11. The van der Waals surface area contributed by atoms with Crippen LogP contribution in [0.3, 0.4) is 0 Å². The van der Waals surface area contributed by atoms with Crippen LogP contribution in [0.2, 0.25) is 0 Å². The van der Waals surface area contributed by atoms with E-state index in [0.717, 1.165) is 0 Å². The Balaban J connectivity index is 2.28. The lowest BCUT2D eigenvalue weighted by Crippen LogP contribution is -2.18. The van der Waals surface area contributed by atoms with Gasteiger partial charge >= 0.3 is 0 Å². The van der Waals surface area contributed by atoms with Crippen LogP contribution in [-0.2, 0) is 0 Å². The van der Waals surface area contributed by atoms with Gasteiger partial charge < -0.3 is 15.6 Å². The largest absolute Gasteiger partial charge is 0.366 e. The van der Waals surface area contributed by atoms with Crippen molar-refractivity contribution in [3.05, 3.63) is 47.3 Å². The molecule has 0 saturated heterocycles. The molecule has 0 spiro atoms. The highest BCUT2D eigenvalue weighted by Gasteiger charge is 2.15. The van der Waals surface area contributed by atoms with Crippen LogP contribution >= 0.6 is 0 Å². The van der Waals surface area contributed by atoms with Gasteiger partial charge in [-0.25, -0.2) is 0 Å². The second-order valence-corrected chi connectivity index (χ2v) is 3.66. The Labute approximate surface area is 103 Å². The SMILES string of the molecule is Cc1oncc1C(=O)Nc1ccccc1C(N)=O. The summed E-state index contributed by atoms with van der Waals surface area (Å²) in [5.74, 6) is -0.598. The molecule has 18 heavy (non-hydrogen) atoms. The summed E-state index contributed by atoms with van der Waals surface area (Å²) < 4.78 is 4.80. The average Bonchev–Trinajstić information content (AvgIpc) is 2.76. The third-order valence-corrected chi connectivity index (χ3v) is 2.44. The van der Waals surface area contributed by atoms with E-state index in [-0.39, 0.29) is 5.56 Å². The van der Waals surface area contributed by atoms with Gasteiger partial charge in [0.1, 0.15) is 11.3 Å². The molecule has 0 atom stereocenters. The lowest BCUT2D eigenvalue weighted by Gasteiger charge is -2.07. The van der Waals surface area contributed by atoms with Crippen LogP contribution in [0.15, 0.2) is 35.0 Å². The molecule has 0 aliphatic heterocycles. The number of benzene rings is 1. The number of rotatable bonds is 3. The van der Waals surface area contributed by atoms with E-state index >= 15 is 0 Å². The molecule has 0 unspecified atom stereocenters. The smallest absolute Gasteiger partial charge is 0.260 e. The zero-order chi connectivity index (χ0) is 13.1. The van der Waals surface area contributed by atoms with E-state index in [1.807, 2.05) is 0 Å². The van der Waals surface area contributed by atoms with Crippen LogP contribution in [0, 0.1) is 6.92 Å². The first-order chi connectivity index (χ1) is 8.59. The highest BCUT2D eigenvalue weighted by molar-refractivity contribution is 6.08. The number of nitrogens with one attached hydrogen (secondary N) is 1. The lowest BCUT2D eigenvalue weighted by molar-refractivity contribution is 0.100. The molecule has 0 bridgehead atoms. The van der Waals surface area contributed by atoms with Crippen LogP contribution < -0.4 is 11.1 Å². The minimum atomic E-state index is -0.604. The van der Waals surface area contributed by atoms with E-state index < -0.39 is 11.8 Å². The van der Waals surface area contributed by atoms with Crippen molar-refractivity contribution in [2.24, 2.45) is 5.73 Å². The number of carbonyl (C=O) groups is 2. The fourth-order valence-corrected chi connectivity index (χ4v) is 1.51. The molecule has 0 aliphatic rings. The predicted molar refractivity (Wildman–Crippen MR) is 64.2 cm³/mol. The topological polar surface area (TPSA) is 98.2 Å². The molecule has 1 aromatic carbocycles. The summed E-state index contributed by atoms with van der Waals surface area (Å²) in [4.78, 5) is 23.1. The van der Waals surface area contributed by atoms with Gasteiger partial charge in [-0.1, -0.05) is 17.3 Å². The van der Waals surface area contributed by atoms with Gasteiger partial charge in [-0.2, -0.15) is 0 Å². The quantitative estimate of drug-likeness (QED) is 0.852. The summed E-state index contributed by atoms with van der Waals surface area (Å²) in [6, 6.07) is 6.50. The van der Waals surface area contributed by atoms with Crippen molar-refractivity contribution in [2.75, 3.05) is 5.32 Å². The first-order valence-corrected chi connectivity index (χ1v) is 5.21. The number of para-hydroxylation sites is 1. The number of aromatic nitrogens is 1. The Kier molecular flexibility index (Phi) is 3.09. The molecule has 2 rings (SSSR count). The van der Waals surface area contributed by atoms with Crippen molar-refractivity contribution in [3.63, 3.8) is 0 Å². The molecule has 0 radical (unpaired) electrons. The summed E-state index contributed by atoms with van der Waals surface area (Å²) in [6.45, 7) is 1.63. The molecule has 1 aromatic heterocycles. The molecule has 6 nitrogen and oxygen atoms in total. The molecule has 2 amide bonds. The van der Waals surface area contributed by atoms with Crippen LogP contribution in [-0.4, -0.2) is 17.0 Å². The monoisotopic (exact) mass is 245 g/mol. The van der Waals surface area contributed by atoms with E-state index in [1.165, 1.54) is 6.20 Å². The van der Waals surface area contributed by atoms with Gasteiger partial charge in [0.2, 0.25) is 0 Å². The zero-order valence-electron chi connectivity index (χ0n) is 9.64. The Morgan fingerprint density at radius 3 is 2.61 bits per heavy atom. The summed E-state index contributed by atoms with van der Waals surface area (Å²) >= 11 is 0. The Morgan fingerprint density at radius 2 is 2.00 bits per heavy atom. The number of hydrogen-bond acceptors (Lipinski definition) is 4. The summed E-state index contributed by atoms with van der Waals surface area (Å²) in [6.07, 6.45) is 1.32. The second-order valence-electron chi connectivity index (χ2n) is 3.66. The van der Waals surface area contributed by atoms with Crippen molar-refractivity contribution < 1.29 is 14.1 Å². The summed E-state index contributed by atoms with van der Waals surface area (Å²) in [5.41, 5.74) is 6.14. The number of carbonyl (C=O) groups excluding carboxylic acids is 2. The van der Waals surface area contributed by atoms with Crippen molar-refractivity contribution >= 4 is 17.5 Å². The lowest BCUT2D eigenvalue weighted by atomic mass is 10.1. The second kappa shape index (κ2) is 4.70. The Bertz CT molecular complexity index is 604. The molecule has 2 aromatic rings. The maximum absolute atomic E-state index is 11.9. The van der Waals surface area contributed by atoms with E-state index in [2.05, 4.69) is 10.5 Å². The Hall–Kier alpha value is -2.63. The van der Waals surface area contributed by atoms with Crippen molar-refractivity contribution in [3.8, 4) is 0 Å². The fourth-order valence-electron chi connectivity index (χ4n) is 1.51. The van der Waals surface area contributed by atoms with Gasteiger partial charge in [-0.05, 0) is 19.1 Å². The number of primary amides is 1. The first kappa shape index (κ1) is 11.8. The summed E-state index contributed by atoms with van der Waals surface area (Å²) in [7, 11) is 0. The highest BCUT2D eigenvalue weighted by atomic mass is 16.5. The highest BCUT2D eigenvalue weighted by Crippen LogP contribution is 2.16. The molecular formula is C12H11N3O3. The van der Waals surface area contributed by atoms with Crippen molar-refractivity contribution in [1.29, 1.82) is 0 Å². The van der Waals surface area contributed by atoms with Gasteiger partial charge in [0, 0.05) is 0 Å². The number of nitrogens with two attached hydrogens (primary N) is 1. The number of hydrogen-bond donors (Lipinski definition) is 2. The molecule has 6 heteroatoms. The number of amides is 2. The normalized spacial score (nSPS) is 10.1. The number of aryl methyl sites for hydroxylation is 1. The molecule has 92 valence electrons. The maximum Gasteiger partial charge on any atom is 0.260 e. The zero-order valence-corrected chi connectivity index (χ0v) is 9.64. The van der Waals surface area contributed by atoms with Crippen LogP contribution in [0.1, 0.15) is 26.5 Å². The maximum atomic E-state index is 11.9. The number of nitrogens with zero attached hydrogens (tertiary/aromatic N) is 1. The van der Waals surface area contributed by atoms with E-state index in [9.17, 15) is 9.59 Å². The van der Waals surface area contributed by atoms with E-state index in [4.69, 9.17) is 10.3 Å². The third-order valence-electron chi connectivity index (χ3n) is 2.44. The molecular weight excluding hydrogens is 234 g/mol. The number of anilines is 1. The minimum Gasteiger partial charge on any atom is -0.366 e. The van der Waals surface area contributed by atoms with Gasteiger partial charge in [-0.15, -0.1) is 0 Å². The van der Waals surface area contributed by atoms with E-state index in [1.54, 1.807) is 31.2 Å². The van der Waals surface area contributed by atoms with E-state index in [0.29, 0.717) is 17.0 Å². The van der Waals surface area contributed by atoms with Gasteiger partial charge in [-0.3, -0.25) is 9.59 Å². The van der Waals surface area contributed by atoms with Crippen molar-refractivity contribution in [2.45, 2.75) is 6.92 Å². The molecule has 0 saturated carbocycles.